The summed E-state index contributed by atoms with van der Waals surface area (Å²) in [5.74, 6) is -0.973. The van der Waals surface area contributed by atoms with E-state index in [4.69, 9.17) is 0 Å². The first-order valence-corrected chi connectivity index (χ1v) is 3.00. The molecule has 0 rings (SSSR count). The molecule has 0 saturated heterocycles. The number of carbonyl (C=O) groups is 2. The van der Waals surface area contributed by atoms with Crippen molar-refractivity contribution >= 4 is 11.9 Å². The summed E-state index contributed by atoms with van der Waals surface area (Å²) >= 11 is 0. The fraction of sp³-hybridized carbons (Fsp3) is 0.429. The number of carbonyl (C=O) groups excluding carboxylic acids is 2. The van der Waals surface area contributed by atoms with Gasteiger partial charge in [-0.05, 0) is 6.92 Å². The SMILES string of the molecule is COC(=O)C(C)=COC(C)=O. The highest BCUT2D eigenvalue weighted by atomic mass is 16.5. The van der Waals surface area contributed by atoms with Gasteiger partial charge >= 0.3 is 11.9 Å². The number of hydrogen-bond donors (Lipinski definition) is 0. The molecule has 0 heterocycles. The Balaban J connectivity index is 4.00. The molecule has 0 aromatic rings. The summed E-state index contributed by atoms with van der Waals surface area (Å²) < 4.78 is 8.77. The maximum Gasteiger partial charge on any atom is 0.336 e. The standard InChI is InChI=1S/C7H10O4/c1-5(7(9)10-3)4-11-6(2)8/h4H,1-3H3. The summed E-state index contributed by atoms with van der Waals surface area (Å²) in [5.41, 5.74) is 0.253. The lowest BCUT2D eigenvalue weighted by Gasteiger charge is -1.97. The molecule has 4 heteroatoms. The molecule has 62 valence electrons. The van der Waals surface area contributed by atoms with E-state index in [9.17, 15) is 9.59 Å². The van der Waals surface area contributed by atoms with Gasteiger partial charge in [-0.25, -0.2) is 4.79 Å². The Morgan fingerprint density at radius 3 is 2.18 bits per heavy atom. The van der Waals surface area contributed by atoms with Crippen LogP contribution in [0.1, 0.15) is 13.8 Å². The molecule has 0 atom stereocenters. The van der Waals surface area contributed by atoms with Crippen LogP contribution in [-0.4, -0.2) is 19.0 Å². The summed E-state index contributed by atoms with van der Waals surface area (Å²) in [4.78, 5) is 20.9. The average molecular weight is 158 g/mol. The van der Waals surface area contributed by atoms with E-state index < -0.39 is 11.9 Å². The summed E-state index contributed by atoms with van der Waals surface area (Å²) in [6.07, 6.45) is 1.06. The van der Waals surface area contributed by atoms with E-state index in [0.29, 0.717) is 0 Å². The zero-order valence-electron chi connectivity index (χ0n) is 6.71. The second kappa shape index (κ2) is 4.49. The molecule has 0 unspecified atom stereocenters. The van der Waals surface area contributed by atoms with Gasteiger partial charge in [0, 0.05) is 6.92 Å². The molecule has 0 radical (unpaired) electrons. The molecule has 4 nitrogen and oxygen atoms in total. The zero-order chi connectivity index (χ0) is 8.85. The van der Waals surface area contributed by atoms with Crippen molar-refractivity contribution in [2.24, 2.45) is 0 Å². The predicted molar refractivity (Wildman–Crippen MR) is 37.5 cm³/mol. The predicted octanol–water partition coefficient (Wildman–Crippen LogP) is 0.626. The molecule has 0 aliphatic carbocycles. The van der Waals surface area contributed by atoms with E-state index in [1.807, 2.05) is 0 Å². The smallest absolute Gasteiger partial charge is 0.336 e. The van der Waals surface area contributed by atoms with Crippen molar-refractivity contribution < 1.29 is 19.1 Å². The van der Waals surface area contributed by atoms with Gasteiger partial charge in [-0.1, -0.05) is 0 Å². The molecule has 0 spiro atoms. The van der Waals surface area contributed by atoms with Crippen molar-refractivity contribution in [3.63, 3.8) is 0 Å². The lowest BCUT2D eigenvalue weighted by molar-refractivity contribution is -0.137. The highest BCUT2D eigenvalue weighted by molar-refractivity contribution is 5.87. The van der Waals surface area contributed by atoms with Crippen LogP contribution in [0.2, 0.25) is 0 Å². The quantitative estimate of drug-likeness (QED) is 0.336. The minimum atomic E-state index is -0.508. The number of hydrogen-bond acceptors (Lipinski definition) is 4. The minimum Gasteiger partial charge on any atom is -0.466 e. The number of rotatable bonds is 2. The van der Waals surface area contributed by atoms with Crippen LogP contribution < -0.4 is 0 Å². The Hall–Kier alpha value is -1.32. The van der Waals surface area contributed by atoms with Gasteiger partial charge < -0.3 is 9.47 Å². The zero-order valence-corrected chi connectivity index (χ0v) is 6.71. The minimum absolute atomic E-state index is 0.253. The van der Waals surface area contributed by atoms with E-state index >= 15 is 0 Å². The molecule has 0 aromatic heterocycles. The maximum atomic E-state index is 10.6. The first kappa shape index (κ1) is 9.68. The van der Waals surface area contributed by atoms with Gasteiger partial charge in [-0.2, -0.15) is 0 Å². The third-order valence-electron chi connectivity index (χ3n) is 0.909. The van der Waals surface area contributed by atoms with Crippen LogP contribution in [0.4, 0.5) is 0 Å². The molecule has 0 aromatic carbocycles. The average Bonchev–Trinajstić information content (AvgIpc) is 1.98. The van der Waals surface area contributed by atoms with Crippen LogP contribution in [0.3, 0.4) is 0 Å². The second-order valence-corrected chi connectivity index (χ2v) is 1.90. The topological polar surface area (TPSA) is 52.6 Å². The van der Waals surface area contributed by atoms with Crippen molar-refractivity contribution in [3.8, 4) is 0 Å². The largest absolute Gasteiger partial charge is 0.466 e. The van der Waals surface area contributed by atoms with Gasteiger partial charge in [0.05, 0.1) is 12.7 Å². The summed E-state index contributed by atoms with van der Waals surface area (Å²) in [7, 11) is 1.26. The summed E-state index contributed by atoms with van der Waals surface area (Å²) in [5, 5.41) is 0. The van der Waals surface area contributed by atoms with Crippen molar-refractivity contribution in [2.75, 3.05) is 7.11 Å². The Morgan fingerprint density at radius 2 is 1.82 bits per heavy atom. The van der Waals surface area contributed by atoms with Gasteiger partial charge in [0.15, 0.2) is 0 Å². The molecular formula is C7H10O4. The third kappa shape index (κ3) is 4.13. The molecule has 0 aliphatic heterocycles. The monoisotopic (exact) mass is 158 g/mol. The van der Waals surface area contributed by atoms with Crippen molar-refractivity contribution in [1.29, 1.82) is 0 Å². The first-order valence-electron chi connectivity index (χ1n) is 3.00. The highest BCUT2D eigenvalue weighted by Gasteiger charge is 2.02. The van der Waals surface area contributed by atoms with Crippen LogP contribution in [0.25, 0.3) is 0 Å². The highest BCUT2D eigenvalue weighted by Crippen LogP contribution is 1.95. The Labute approximate surface area is 64.8 Å². The molecule has 0 amide bonds. The molecule has 11 heavy (non-hydrogen) atoms. The second-order valence-electron chi connectivity index (χ2n) is 1.90. The number of ether oxygens (including phenoxy) is 2. The lowest BCUT2D eigenvalue weighted by Crippen LogP contribution is -2.03. The third-order valence-corrected chi connectivity index (χ3v) is 0.909. The van der Waals surface area contributed by atoms with Gasteiger partial charge in [0.2, 0.25) is 0 Å². The first-order chi connectivity index (χ1) is 5.07. The fourth-order valence-corrected chi connectivity index (χ4v) is 0.380. The van der Waals surface area contributed by atoms with E-state index in [2.05, 4.69) is 9.47 Å². The Morgan fingerprint density at radius 1 is 1.27 bits per heavy atom. The van der Waals surface area contributed by atoms with Crippen LogP contribution in [-0.2, 0) is 19.1 Å². The molecule has 0 fully saturated rings. The lowest BCUT2D eigenvalue weighted by atomic mass is 10.3. The summed E-state index contributed by atoms with van der Waals surface area (Å²) in [6.45, 7) is 2.75. The molecule has 0 N–H and O–H groups in total. The van der Waals surface area contributed by atoms with Crippen LogP contribution in [0.15, 0.2) is 11.8 Å². The van der Waals surface area contributed by atoms with Crippen LogP contribution >= 0.6 is 0 Å². The molecule has 0 bridgehead atoms. The summed E-state index contributed by atoms with van der Waals surface area (Å²) in [6, 6.07) is 0. The van der Waals surface area contributed by atoms with Crippen molar-refractivity contribution in [3.05, 3.63) is 11.8 Å². The molecule has 0 aliphatic rings. The number of esters is 2. The van der Waals surface area contributed by atoms with E-state index in [1.165, 1.54) is 21.0 Å². The fourth-order valence-electron chi connectivity index (χ4n) is 0.380. The maximum absolute atomic E-state index is 10.6. The van der Waals surface area contributed by atoms with Crippen molar-refractivity contribution in [1.82, 2.24) is 0 Å². The van der Waals surface area contributed by atoms with Crippen LogP contribution in [0.5, 0.6) is 0 Å². The van der Waals surface area contributed by atoms with Crippen LogP contribution in [0, 0.1) is 0 Å². The normalized spacial score (nSPS) is 10.6. The Kier molecular flexibility index (Phi) is 3.95. The van der Waals surface area contributed by atoms with Gasteiger partial charge in [0.1, 0.15) is 6.26 Å². The van der Waals surface area contributed by atoms with Gasteiger partial charge in [-0.15, -0.1) is 0 Å². The Bertz CT molecular complexity index is 193. The van der Waals surface area contributed by atoms with Gasteiger partial charge in [0.25, 0.3) is 0 Å². The van der Waals surface area contributed by atoms with Gasteiger partial charge in [-0.3, -0.25) is 4.79 Å². The van der Waals surface area contributed by atoms with E-state index in [1.54, 1.807) is 0 Å². The van der Waals surface area contributed by atoms with Crippen molar-refractivity contribution in [2.45, 2.75) is 13.8 Å². The van der Waals surface area contributed by atoms with E-state index in [-0.39, 0.29) is 5.57 Å². The molecular weight excluding hydrogens is 148 g/mol. The number of methoxy groups -OCH3 is 1. The molecule has 0 saturated carbocycles. The van der Waals surface area contributed by atoms with E-state index in [0.717, 1.165) is 6.26 Å².